The lowest BCUT2D eigenvalue weighted by molar-refractivity contribution is -0.138. The van der Waals surface area contributed by atoms with Gasteiger partial charge < -0.3 is 14.6 Å². The van der Waals surface area contributed by atoms with Gasteiger partial charge in [-0.25, -0.2) is 9.79 Å². The first-order valence-corrected chi connectivity index (χ1v) is 14.7. The molecule has 0 unspecified atom stereocenters. The average molecular weight is 778 g/mol. The number of carbonyl (C=O) groups is 1. The fraction of sp³-hybridized carbons (Fsp3) is 0.111. The summed E-state index contributed by atoms with van der Waals surface area (Å²) in [5.41, 5.74) is 2.48. The van der Waals surface area contributed by atoms with Crippen molar-refractivity contribution in [1.82, 2.24) is 0 Å². The van der Waals surface area contributed by atoms with Gasteiger partial charge in [0, 0.05) is 0 Å². The smallest absolute Gasteiger partial charge is 0.344 e. The molecular weight excluding hydrogens is 759 g/mol. The number of aliphatic hydroxyl groups is 1. The van der Waals surface area contributed by atoms with Gasteiger partial charge in [0.2, 0.25) is 0 Å². The van der Waals surface area contributed by atoms with Crippen molar-refractivity contribution < 1.29 is 19.4 Å². The number of hydrogen-bond acceptors (Lipinski definition) is 6. The summed E-state index contributed by atoms with van der Waals surface area (Å²) in [6.45, 7) is 2.25. The summed E-state index contributed by atoms with van der Waals surface area (Å²) in [5, 5.41) is 12.3. The van der Waals surface area contributed by atoms with Gasteiger partial charge in [-0.3, -0.25) is 0 Å². The number of rotatable bonds is 7. The van der Waals surface area contributed by atoms with Crippen molar-refractivity contribution in [3.8, 4) is 5.75 Å². The Hall–Kier alpha value is -1.73. The second-order valence-electron chi connectivity index (χ2n) is 7.66. The normalized spacial score (nSPS) is 15.5. The van der Waals surface area contributed by atoms with E-state index in [1.807, 2.05) is 54.6 Å². The summed E-state index contributed by atoms with van der Waals surface area (Å²) in [7, 11) is 0. The third kappa shape index (κ3) is 7.03. The zero-order chi connectivity index (χ0) is 26.5. The molecule has 190 valence electrons. The van der Waals surface area contributed by atoms with Crippen LogP contribution in [0.15, 0.2) is 81.9 Å². The highest BCUT2D eigenvalue weighted by Gasteiger charge is 2.33. The highest BCUT2D eigenvalue weighted by atomic mass is 127. The zero-order valence-electron chi connectivity index (χ0n) is 19.3. The maximum atomic E-state index is 12.6. The molecule has 1 aliphatic heterocycles. The molecule has 3 aromatic carbocycles. The van der Waals surface area contributed by atoms with Crippen LogP contribution >= 0.6 is 80.1 Å². The Morgan fingerprint density at radius 2 is 1.76 bits per heavy atom. The van der Waals surface area contributed by atoms with Gasteiger partial charge in [-0.1, -0.05) is 59.2 Å². The number of nitrogens with zero attached hydrogens (tertiary/aromatic N) is 1. The number of ether oxygens (including phenoxy) is 2. The number of hydrogen-bond donors (Lipinski definition) is 1. The second kappa shape index (κ2) is 12.9. The number of esters is 1. The van der Waals surface area contributed by atoms with Gasteiger partial charge in [0.25, 0.3) is 0 Å². The van der Waals surface area contributed by atoms with E-state index in [1.54, 1.807) is 19.1 Å². The van der Waals surface area contributed by atoms with Crippen LogP contribution in [-0.4, -0.2) is 22.7 Å². The van der Waals surface area contributed by atoms with E-state index in [9.17, 15) is 9.90 Å². The van der Waals surface area contributed by atoms with Crippen LogP contribution in [0, 0.1) is 7.14 Å². The van der Waals surface area contributed by atoms with Crippen LogP contribution < -0.4 is 4.74 Å². The molecule has 0 bridgehead atoms. The summed E-state index contributed by atoms with van der Waals surface area (Å²) in [6.07, 6.45) is 1.82. The number of aliphatic hydroxyl groups excluding tert-OH is 1. The van der Waals surface area contributed by atoms with Crippen molar-refractivity contribution in [2.24, 2.45) is 4.99 Å². The number of thioether (sulfide) groups is 1. The summed E-state index contributed by atoms with van der Waals surface area (Å²) in [5.74, 6) is -0.0179. The fourth-order valence-corrected chi connectivity index (χ4v) is 6.83. The van der Waals surface area contributed by atoms with Crippen LogP contribution in [0.4, 0.5) is 5.69 Å². The first kappa shape index (κ1) is 28.3. The first-order valence-electron chi connectivity index (χ1n) is 11.0. The quantitative estimate of drug-likeness (QED) is 0.192. The van der Waals surface area contributed by atoms with Crippen LogP contribution in [0.25, 0.3) is 6.08 Å². The van der Waals surface area contributed by atoms with Crippen molar-refractivity contribution in [2.75, 3.05) is 6.61 Å². The molecule has 5 nitrogen and oxygen atoms in total. The minimum Gasteiger partial charge on any atom is -0.506 e. The van der Waals surface area contributed by atoms with Gasteiger partial charge in [-0.2, -0.15) is 0 Å². The molecule has 0 aliphatic carbocycles. The molecule has 0 radical (unpaired) electrons. The lowest BCUT2D eigenvalue weighted by Crippen LogP contribution is -2.12. The van der Waals surface area contributed by atoms with Crippen LogP contribution in [0.3, 0.4) is 0 Å². The van der Waals surface area contributed by atoms with Crippen LogP contribution in [0.1, 0.15) is 18.1 Å². The fourth-order valence-electron chi connectivity index (χ4n) is 3.35. The van der Waals surface area contributed by atoms with E-state index in [1.165, 1.54) is 11.8 Å². The van der Waals surface area contributed by atoms with Crippen LogP contribution in [-0.2, 0) is 16.1 Å². The standard InChI is InChI=1S/C27H19Cl2I2NO4S/c1-2-35-27(34)23-24(33)22(37-26(23)32-17-6-4-3-5-7-17)13-16-11-20(30)25(21(31)12-16)36-14-15-8-9-18(28)19(29)10-15/h3-13,33H,2,14H2,1H3/b22-13-,32-26?. The predicted octanol–water partition coefficient (Wildman–Crippen LogP) is 8.97. The SMILES string of the molecule is CCOC(=O)C1=C(O)/C(=C/c2cc(I)c(OCc3ccc(Cl)c(Cl)c3)c(I)c2)SC1=Nc1ccccc1. The van der Waals surface area contributed by atoms with E-state index >= 15 is 0 Å². The van der Waals surface area contributed by atoms with E-state index in [2.05, 4.69) is 50.2 Å². The topological polar surface area (TPSA) is 68.1 Å². The molecule has 3 aromatic rings. The number of halogens is 4. The lowest BCUT2D eigenvalue weighted by Gasteiger charge is -2.12. The summed E-state index contributed by atoms with van der Waals surface area (Å²) >= 11 is 17.8. The summed E-state index contributed by atoms with van der Waals surface area (Å²) < 4.78 is 13.0. The average Bonchev–Trinajstić information content (AvgIpc) is 3.15. The van der Waals surface area contributed by atoms with Crippen molar-refractivity contribution in [3.63, 3.8) is 0 Å². The molecule has 0 saturated carbocycles. The molecule has 0 saturated heterocycles. The highest BCUT2D eigenvalue weighted by molar-refractivity contribution is 14.1. The van der Waals surface area contributed by atoms with Gasteiger partial charge in [0.15, 0.2) is 0 Å². The first-order chi connectivity index (χ1) is 17.8. The number of carbonyl (C=O) groups excluding carboxylic acids is 1. The van der Waals surface area contributed by atoms with Crippen LogP contribution in [0.5, 0.6) is 5.75 Å². The van der Waals surface area contributed by atoms with Crippen molar-refractivity contribution in [2.45, 2.75) is 13.5 Å². The van der Waals surface area contributed by atoms with Gasteiger partial charge in [0.05, 0.1) is 34.4 Å². The van der Waals surface area contributed by atoms with Gasteiger partial charge in [-0.15, -0.1) is 0 Å². The molecule has 4 rings (SSSR count). The van der Waals surface area contributed by atoms with E-state index in [0.29, 0.717) is 32.3 Å². The summed E-state index contributed by atoms with van der Waals surface area (Å²) in [4.78, 5) is 17.7. The zero-order valence-corrected chi connectivity index (χ0v) is 25.9. The third-order valence-electron chi connectivity index (χ3n) is 5.04. The molecule has 0 atom stereocenters. The highest BCUT2D eigenvalue weighted by Crippen LogP contribution is 2.41. The van der Waals surface area contributed by atoms with E-state index in [0.717, 1.165) is 24.0 Å². The second-order valence-corrected chi connectivity index (χ2v) is 11.8. The molecular formula is C27H19Cl2I2NO4S. The number of para-hydroxylation sites is 1. The molecule has 0 amide bonds. The Morgan fingerprint density at radius 1 is 1.05 bits per heavy atom. The largest absolute Gasteiger partial charge is 0.506 e. The maximum Gasteiger partial charge on any atom is 0.344 e. The molecule has 1 N–H and O–H groups in total. The number of benzene rings is 3. The maximum absolute atomic E-state index is 12.6. The van der Waals surface area contributed by atoms with Gasteiger partial charge in [0.1, 0.15) is 28.7 Å². The Balaban J connectivity index is 1.62. The Bertz CT molecular complexity index is 1420. The Morgan fingerprint density at radius 3 is 2.41 bits per heavy atom. The van der Waals surface area contributed by atoms with Crippen molar-refractivity contribution in [3.05, 3.63) is 105 Å². The molecule has 0 spiro atoms. The Labute approximate surface area is 256 Å². The van der Waals surface area contributed by atoms with E-state index in [4.69, 9.17) is 32.7 Å². The van der Waals surface area contributed by atoms with Crippen molar-refractivity contribution >= 4 is 103 Å². The molecule has 1 heterocycles. The van der Waals surface area contributed by atoms with Gasteiger partial charge >= 0.3 is 5.97 Å². The minimum absolute atomic E-state index is 0.0629. The third-order valence-corrected chi connectivity index (χ3v) is 8.40. The minimum atomic E-state index is -0.610. The van der Waals surface area contributed by atoms with E-state index < -0.39 is 5.97 Å². The molecule has 10 heteroatoms. The monoisotopic (exact) mass is 777 g/mol. The molecule has 1 aliphatic rings. The van der Waals surface area contributed by atoms with Crippen molar-refractivity contribution in [1.29, 1.82) is 0 Å². The Kier molecular flexibility index (Phi) is 9.84. The predicted molar refractivity (Wildman–Crippen MR) is 168 cm³/mol. The molecule has 0 fully saturated rings. The summed E-state index contributed by atoms with van der Waals surface area (Å²) in [6, 6.07) is 18.6. The van der Waals surface area contributed by atoms with E-state index in [-0.39, 0.29) is 17.9 Å². The molecule has 37 heavy (non-hydrogen) atoms. The van der Waals surface area contributed by atoms with Gasteiger partial charge in [-0.05, 0) is 106 Å². The molecule has 0 aromatic heterocycles. The lowest BCUT2D eigenvalue weighted by atomic mass is 10.1. The number of aliphatic imine (C=N–C) groups is 1. The van der Waals surface area contributed by atoms with Crippen LogP contribution in [0.2, 0.25) is 10.0 Å².